The molecular weight excluding hydrogens is 218 g/mol. The van der Waals surface area contributed by atoms with Gasteiger partial charge >= 0.3 is 0 Å². The summed E-state index contributed by atoms with van der Waals surface area (Å²) in [5.41, 5.74) is 1.55. The van der Waals surface area contributed by atoms with Crippen molar-refractivity contribution in [2.24, 2.45) is 11.8 Å². The Morgan fingerprint density at radius 3 is 2.06 bits per heavy atom. The number of hydrogen-bond acceptors (Lipinski definition) is 1. The highest BCUT2D eigenvalue weighted by Crippen LogP contribution is 2.46. The molecule has 1 nitrogen and oxygen atoms in total. The summed E-state index contributed by atoms with van der Waals surface area (Å²) < 4.78 is 0. The highest BCUT2D eigenvalue weighted by molar-refractivity contribution is 5.23. The molecule has 3 saturated carbocycles. The summed E-state index contributed by atoms with van der Waals surface area (Å²) in [5.74, 6) is 2.89. The zero-order valence-corrected chi connectivity index (χ0v) is 11.0. The summed E-state index contributed by atoms with van der Waals surface area (Å²) in [6.07, 6.45) is 8.68. The topological polar surface area (TPSA) is 12.0 Å². The van der Waals surface area contributed by atoms with Crippen molar-refractivity contribution < 1.29 is 0 Å². The van der Waals surface area contributed by atoms with Crippen LogP contribution in [0, 0.1) is 11.8 Å². The first kappa shape index (κ1) is 11.0. The van der Waals surface area contributed by atoms with Gasteiger partial charge in [0.1, 0.15) is 0 Å². The molecular formula is C17H23N. The van der Waals surface area contributed by atoms with Gasteiger partial charge in [-0.3, -0.25) is 0 Å². The number of hydrogen-bond donors (Lipinski definition) is 1. The van der Waals surface area contributed by atoms with E-state index >= 15 is 0 Å². The third-order valence-electron chi connectivity index (χ3n) is 5.10. The van der Waals surface area contributed by atoms with Gasteiger partial charge in [0, 0.05) is 12.1 Å². The SMILES string of the molecule is c1ccc(C2CC(NC(C3CC3)C3CC3)C2)cc1. The summed E-state index contributed by atoms with van der Waals surface area (Å²) in [6, 6.07) is 12.7. The Labute approximate surface area is 110 Å². The molecule has 1 aromatic rings. The lowest BCUT2D eigenvalue weighted by Gasteiger charge is -2.39. The van der Waals surface area contributed by atoms with Gasteiger partial charge < -0.3 is 5.32 Å². The maximum atomic E-state index is 3.98. The Bertz CT molecular complexity index is 387. The Hall–Kier alpha value is -0.820. The molecule has 3 fully saturated rings. The van der Waals surface area contributed by atoms with Crippen molar-refractivity contribution >= 4 is 0 Å². The van der Waals surface area contributed by atoms with E-state index in [-0.39, 0.29) is 0 Å². The average molecular weight is 241 g/mol. The normalized spacial score (nSPS) is 31.4. The quantitative estimate of drug-likeness (QED) is 0.828. The van der Waals surface area contributed by atoms with E-state index in [0.29, 0.717) is 0 Å². The highest BCUT2D eigenvalue weighted by atomic mass is 15.0. The first-order valence-electron chi connectivity index (χ1n) is 7.71. The van der Waals surface area contributed by atoms with E-state index in [0.717, 1.165) is 29.8 Å². The average Bonchev–Trinajstić information content (AvgIpc) is 3.22. The molecule has 3 aliphatic carbocycles. The lowest BCUT2D eigenvalue weighted by atomic mass is 9.75. The van der Waals surface area contributed by atoms with Gasteiger partial charge in [-0.15, -0.1) is 0 Å². The molecule has 0 unspecified atom stereocenters. The number of rotatable bonds is 5. The van der Waals surface area contributed by atoms with Crippen LogP contribution in [-0.2, 0) is 0 Å². The molecule has 1 aromatic carbocycles. The minimum absolute atomic E-state index is 0.807. The van der Waals surface area contributed by atoms with Crippen molar-refractivity contribution in [1.82, 2.24) is 5.32 Å². The predicted octanol–water partition coefficient (Wildman–Crippen LogP) is 3.71. The van der Waals surface area contributed by atoms with Crippen molar-refractivity contribution in [3.63, 3.8) is 0 Å². The van der Waals surface area contributed by atoms with E-state index < -0.39 is 0 Å². The van der Waals surface area contributed by atoms with Crippen LogP contribution >= 0.6 is 0 Å². The van der Waals surface area contributed by atoms with Gasteiger partial charge in [0.25, 0.3) is 0 Å². The number of benzene rings is 1. The van der Waals surface area contributed by atoms with Gasteiger partial charge in [-0.05, 0) is 61.8 Å². The second-order valence-electron chi connectivity index (χ2n) is 6.64. The van der Waals surface area contributed by atoms with Crippen LogP contribution in [-0.4, -0.2) is 12.1 Å². The molecule has 0 saturated heterocycles. The van der Waals surface area contributed by atoms with E-state index in [1.54, 1.807) is 5.56 Å². The molecule has 0 aromatic heterocycles. The molecule has 0 radical (unpaired) electrons. The molecule has 0 aliphatic heterocycles. The Balaban J connectivity index is 1.31. The maximum absolute atomic E-state index is 3.98. The van der Waals surface area contributed by atoms with Gasteiger partial charge in [-0.2, -0.15) is 0 Å². The van der Waals surface area contributed by atoms with E-state index in [9.17, 15) is 0 Å². The van der Waals surface area contributed by atoms with Crippen molar-refractivity contribution in [3.05, 3.63) is 35.9 Å². The Morgan fingerprint density at radius 2 is 1.50 bits per heavy atom. The van der Waals surface area contributed by atoms with Gasteiger partial charge in [-0.25, -0.2) is 0 Å². The third kappa shape index (κ3) is 2.21. The van der Waals surface area contributed by atoms with Crippen molar-refractivity contribution in [2.45, 2.75) is 56.5 Å². The molecule has 4 rings (SSSR count). The maximum Gasteiger partial charge on any atom is 0.0126 e. The second kappa shape index (κ2) is 4.38. The molecule has 0 heterocycles. The largest absolute Gasteiger partial charge is 0.311 e. The zero-order valence-electron chi connectivity index (χ0n) is 11.0. The van der Waals surface area contributed by atoms with E-state index in [4.69, 9.17) is 0 Å². The van der Waals surface area contributed by atoms with Crippen LogP contribution in [0.15, 0.2) is 30.3 Å². The minimum Gasteiger partial charge on any atom is -0.311 e. The Kier molecular flexibility index (Phi) is 2.69. The molecule has 1 heteroatoms. The summed E-state index contributed by atoms with van der Waals surface area (Å²) in [7, 11) is 0. The van der Waals surface area contributed by atoms with Gasteiger partial charge in [0.05, 0.1) is 0 Å². The third-order valence-corrected chi connectivity index (χ3v) is 5.10. The second-order valence-corrected chi connectivity index (χ2v) is 6.64. The van der Waals surface area contributed by atoms with Crippen LogP contribution in [0.25, 0.3) is 0 Å². The predicted molar refractivity (Wildman–Crippen MR) is 74.6 cm³/mol. The van der Waals surface area contributed by atoms with Crippen LogP contribution in [0.2, 0.25) is 0 Å². The standard InChI is InChI=1S/C17H23N/c1-2-4-12(5-3-1)15-10-16(11-15)18-17(13-6-7-13)14-8-9-14/h1-5,13-18H,6-11H2. The number of nitrogens with one attached hydrogen (secondary N) is 1. The fourth-order valence-corrected chi connectivity index (χ4v) is 3.59. The molecule has 0 amide bonds. The minimum atomic E-state index is 0.807. The van der Waals surface area contributed by atoms with E-state index in [1.165, 1.54) is 38.5 Å². The summed E-state index contributed by atoms with van der Waals surface area (Å²) in [6.45, 7) is 0. The van der Waals surface area contributed by atoms with Crippen LogP contribution in [0.3, 0.4) is 0 Å². The Morgan fingerprint density at radius 1 is 0.889 bits per heavy atom. The highest BCUT2D eigenvalue weighted by Gasteiger charge is 2.43. The van der Waals surface area contributed by atoms with Gasteiger partial charge in [0.15, 0.2) is 0 Å². The molecule has 1 N–H and O–H groups in total. The fraction of sp³-hybridized carbons (Fsp3) is 0.647. The van der Waals surface area contributed by atoms with Crippen molar-refractivity contribution in [3.8, 4) is 0 Å². The summed E-state index contributed by atoms with van der Waals surface area (Å²) in [5, 5.41) is 3.98. The molecule has 3 aliphatic rings. The van der Waals surface area contributed by atoms with E-state index in [2.05, 4.69) is 35.6 Å². The van der Waals surface area contributed by atoms with Crippen molar-refractivity contribution in [1.29, 1.82) is 0 Å². The van der Waals surface area contributed by atoms with Crippen LogP contribution in [0.4, 0.5) is 0 Å². The molecule has 18 heavy (non-hydrogen) atoms. The lowest BCUT2D eigenvalue weighted by Crippen LogP contribution is -2.47. The zero-order chi connectivity index (χ0) is 11.9. The van der Waals surface area contributed by atoms with Gasteiger partial charge in [-0.1, -0.05) is 30.3 Å². The fourth-order valence-electron chi connectivity index (χ4n) is 3.59. The first-order valence-corrected chi connectivity index (χ1v) is 7.71. The molecule has 0 atom stereocenters. The van der Waals surface area contributed by atoms with Crippen LogP contribution < -0.4 is 5.32 Å². The van der Waals surface area contributed by atoms with E-state index in [1.807, 2.05) is 0 Å². The summed E-state index contributed by atoms with van der Waals surface area (Å²) >= 11 is 0. The molecule has 0 bridgehead atoms. The smallest absolute Gasteiger partial charge is 0.0126 e. The van der Waals surface area contributed by atoms with Crippen molar-refractivity contribution in [2.75, 3.05) is 0 Å². The molecule has 96 valence electrons. The monoisotopic (exact) mass is 241 g/mol. The van der Waals surface area contributed by atoms with Crippen LogP contribution in [0.5, 0.6) is 0 Å². The molecule has 0 spiro atoms. The lowest BCUT2D eigenvalue weighted by molar-refractivity contribution is 0.242. The first-order chi connectivity index (χ1) is 8.90. The van der Waals surface area contributed by atoms with Gasteiger partial charge in [0.2, 0.25) is 0 Å². The van der Waals surface area contributed by atoms with Crippen LogP contribution in [0.1, 0.15) is 50.0 Å². The summed E-state index contributed by atoms with van der Waals surface area (Å²) in [4.78, 5) is 0.